The van der Waals surface area contributed by atoms with Crippen molar-refractivity contribution in [3.63, 3.8) is 0 Å². The summed E-state index contributed by atoms with van der Waals surface area (Å²) in [4.78, 5) is 21.2. The van der Waals surface area contributed by atoms with E-state index in [1.165, 1.54) is 12.2 Å². The van der Waals surface area contributed by atoms with Gasteiger partial charge in [0.25, 0.3) is 0 Å². The summed E-state index contributed by atoms with van der Waals surface area (Å²) in [5.74, 6) is -0.690. The number of esters is 2. The lowest BCUT2D eigenvalue weighted by Gasteiger charge is -2.34. The smallest absolute Gasteiger partial charge is 0.330 e. The normalized spacial score (nSPS) is 10.1. The van der Waals surface area contributed by atoms with Crippen LogP contribution in [-0.4, -0.2) is 120 Å². The molecule has 0 radical (unpaired) electrons. The van der Waals surface area contributed by atoms with E-state index in [4.69, 9.17) is 9.47 Å². The summed E-state index contributed by atoms with van der Waals surface area (Å²) in [6.45, 7) is 28.7. The zero-order chi connectivity index (χ0) is 27.3. The highest BCUT2D eigenvalue weighted by molar-refractivity contribution is 5.81. The van der Waals surface area contributed by atoms with Crippen LogP contribution in [0, 0.1) is 0 Å². The number of hydrogen-bond acceptors (Lipinski definition) is 4. The van der Waals surface area contributed by atoms with E-state index in [1.807, 2.05) is 33.3 Å². The molecule has 0 fully saturated rings. The molecule has 0 amide bonds. The highest BCUT2D eigenvalue weighted by atomic mass is 35.5. The first kappa shape index (κ1) is 48.7. The van der Waals surface area contributed by atoms with E-state index in [2.05, 4.69) is 61.2 Å². The fourth-order valence-corrected chi connectivity index (χ4v) is 2.45. The van der Waals surface area contributed by atoms with Gasteiger partial charge in [0.05, 0.1) is 68.0 Å². The van der Waals surface area contributed by atoms with E-state index in [9.17, 15) is 9.59 Å². The maximum Gasteiger partial charge on any atom is 0.330 e. The molecular weight excluding hydrogens is 537 g/mol. The molecule has 222 valence electrons. The molecule has 0 aromatic carbocycles. The third-order valence-corrected chi connectivity index (χ3v) is 5.51. The van der Waals surface area contributed by atoms with Crippen molar-refractivity contribution < 1.29 is 69.7 Å². The summed E-state index contributed by atoms with van der Waals surface area (Å²) >= 11 is 0. The molecule has 0 aliphatic carbocycles. The van der Waals surface area contributed by atoms with Crippen LogP contribution in [0.3, 0.4) is 0 Å². The second-order valence-electron chi connectivity index (χ2n) is 9.65. The molecule has 0 heterocycles. The fraction of sp³-hybridized carbons (Fsp3) is 0.630. The maximum absolute atomic E-state index is 10.6. The number of carbonyl (C=O) groups excluding carboxylic acids is 2. The number of nitrogens with zero attached hydrogens (tertiary/aromatic N) is 3. The quantitative estimate of drug-likeness (QED) is 0.0827. The van der Waals surface area contributed by atoms with Crippen LogP contribution >= 0.6 is 0 Å². The van der Waals surface area contributed by atoms with Gasteiger partial charge in [-0.3, -0.25) is 0 Å². The minimum absolute atomic E-state index is 0. The number of likely N-dealkylation sites (N-methyl/N-ethyl adjacent to an activating group) is 3. The largest absolute Gasteiger partial charge is 1.00 e. The average molecular weight is 591 g/mol. The molecule has 0 aromatic rings. The summed E-state index contributed by atoms with van der Waals surface area (Å²) < 4.78 is 12.4. The molecule has 10 heteroatoms. The zero-order valence-corrected chi connectivity index (χ0v) is 26.9. The lowest BCUT2D eigenvalue weighted by Crippen LogP contribution is -3.00. The first-order valence-corrected chi connectivity index (χ1v) is 12.0. The van der Waals surface area contributed by atoms with Crippen LogP contribution in [0.25, 0.3) is 0 Å². The van der Waals surface area contributed by atoms with Crippen LogP contribution in [-0.2, 0) is 19.1 Å². The molecule has 0 spiro atoms. The van der Waals surface area contributed by atoms with Crippen molar-refractivity contribution in [3.8, 4) is 0 Å². The van der Waals surface area contributed by atoms with Crippen LogP contribution in [0.5, 0.6) is 0 Å². The van der Waals surface area contributed by atoms with E-state index in [-0.39, 0.29) is 49.2 Å². The number of carbonyl (C=O) groups is 2. The Bertz CT molecular complexity index is 607. The third kappa shape index (κ3) is 32.6. The molecule has 0 rings (SSSR count). The van der Waals surface area contributed by atoms with Gasteiger partial charge in [0.1, 0.15) is 26.3 Å². The van der Waals surface area contributed by atoms with E-state index in [0.29, 0.717) is 13.2 Å². The van der Waals surface area contributed by atoms with Gasteiger partial charge in [-0.05, 0) is 32.9 Å². The molecule has 0 saturated heterocycles. The van der Waals surface area contributed by atoms with Crippen LogP contribution in [0.4, 0.5) is 0 Å². The van der Waals surface area contributed by atoms with Gasteiger partial charge < -0.3 is 60.1 Å². The highest BCUT2D eigenvalue weighted by Gasteiger charge is 2.18. The van der Waals surface area contributed by atoms with Crippen LogP contribution in [0.2, 0.25) is 0 Å². The summed E-state index contributed by atoms with van der Waals surface area (Å²) in [6, 6.07) is 0. The van der Waals surface area contributed by atoms with Gasteiger partial charge in [-0.15, -0.1) is 0 Å². The average Bonchev–Trinajstić information content (AvgIpc) is 2.78. The zero-order valence-electron chi connectivity index (χ0n) is 24.6. The third-order valence-electron chi connectivity index (χ3n) is 5.51. The molecule has 0 aromatic heterocycles. The van der Waals surface area contributed by atoms with Crippen molar-refractivity contribution in [1.29, 1.82) is 0 Å². The Labute approximate surface area is 246 Å². The second-order valence-corrected chi connectivity index (χ2v) is 9.65. The maximum atomic E-state index is 10.6. The van der Waals surface area contributed by atoms with Crippen molar-refractivity contribution in [1.82, 2.24) is 0 Å². The summed E-state index contributed by atoms with van der Waals surface area (Å²) in [6.07, 6.45) is 6.36. The van der Waals surface area contributed by atoms with Gasteiger partial charge in [0.2, 0.25) is 0 Å². The number of quaternary nitrogens is 3. The Morgan fingerprint density at radius 1 is 0.649 bits per heavy atom. The van der Waals surface area contributed by atoms with Gasteiger partial charge in [0, 0.05) is 12.2 Å². The van der Waals surface area contributed by atoms with Gasteiger partial charge >= 0.3 is 11.9 Å². The Kier molecular flexibility index (Phi) is 36.4. The van der Waals surface area contributed by atoms with E-state index in [1.54, 1.807) is 0 Å². The van der Waals surface area contributed by atoms with Gasteiger partial charge in [-0.2, -0.15) is 0 Å². The Morgan fingerprint density at radius 2 is 1.00 bits per heavy atom. The minimum atomic E-state index is -0.349. The monoisotopic (exact) mass is 589 g/mol. The lowest BCUT2D eigenvalue weighted by molar-refractivity contribution is -0.914. The van der Waals surface area contributed by atoms with E-state index < -0.39 is 0 Å². The van der Waals surface area contributed by atoms with Crippen molar-refractivity contribution in [2.45, 2.75) is 20.8 Å². The molecule has 0 saturated carbocycles. The van der Waals surface area contributed by atoms with Crippen LogP contribution < -0.4 is 37.2 Å². The first-order valence-electron chi connectivity index (χ1n) is 12.0. The summed E-state index contributed by atoms with van der Waals surface area (Å²) in [5, 5.41) is 0. The minimum Gasteiger partial charge on any atom is -1.00 e. The van der Waals surface area contributed by atoms with Crippen molar-refractivity contribution in [2.75, 3.05) is 94.3 Å². The lowest BCUT2D eigenvalue weighted by atomic mass is 10.3. The molecule has 0 N–H and O–H groups in total. The van der Waals surface area contributed by atoms with Gasteiger partial charge in [-0.25, -0.2) is 9.59 Å². The predicted octanol–water partition coefficient (Wildman–Crippen LogP) is -5.54. The van der Waals surface area contributed by atoms with Gasteiger partial charge in [0.15, 0.2) is 0 Å². The molecule has 0 unspecified atom stereocenters. The fourth-order valence-electron chi connectivity index (χ4n) is 2.45. The molecule has 0 aliphatic rings. The van der Waals surface area contributed by atoms with E-state index in [0.717, 1.165) is 59.3 Å². The molecule has 0 aliphatic heterocycles. The number of ether oxygens (including phenoxy) is 2. The van der Waals surface area contributed by atoms with Crippen LogP contribution in [0.1, 0.15) is 20.8 Å². The Balaban J connectivity index is -0.0000000937. The van der Waals surface area contributed by atoms with Gasteiger partial charge in [-0.1, -0.05) is 26.3 Å². The molecular formula is C27H54Cl3N3O4. The number of hydrogen-bond donors (Lipinski definition) is 0. The Hall–Kier alpha value is -1.35. The van der Waals surface area contributed by atoms with E-state index >= 15 is 0 Å². The van der Waals surface area contributed by atoms with Crippen molar-refractivity contribution in [2.24, 2.45) is 0 Å². The topological polar surface area (TPSA) is 52.6 Å². The summed E-state index contributed by atoms with van der Waals surface area (Å²) in [7, 11) is 10.3. The SMILES string of the molecule is C=CC(=O)OCC[N+](C)(C)C.C=CC(=O)OCC[N+](C)(C)CC.C=CC[N+](CC)(CC)CC=C.[Cl-].[Cl-].[Cl-]. The molecule has 7 nitrogen and oxygen atoms in total. The first-order chi connectivity index (χ1) is 15.7. The molecule has 0 bridgehead atoms. The number of rotatable bonds is 15. The van der Waals surface area contributed by atoms with Crippen molar-refractivity contribution in [3.05, 3.63) is 50.6 Å². The predicted molar refractivity (Wildman–Crippen MR) is 144 cm³/mol. The second kappa shape index (κ2) is 27.7. The Morgan fingerprint density at radius 3 is 1.24 bits per heavy atom. The van der Waals surface area contributed by atoms with Crippen LogP contribution in [0.15, 0.2) is 50.6 Å². The molecule has 37 heavy (non-hydrogen) atoms. The number of halogens is 3. The van der Waals surface area contributed by atoms with Crippen molar-refractivity contribution >= 4 is 11.9 Å². The summed E-state index contributed by atoms with van der Waals surface area (Å²) in [5.41, 5.74) is 0. The highest BCUT2D eigenvalue weighted by Crippen LogP contribution is 2.05. The standard InChI is InChI=1S/C10H20N.C9H18NO2.C8H16NO2.3ClH/c1-5-9-11(7-3,8-4)10-6-2;1-5-9(11)12-8-7-10(3,4)6-2;1-5-8(10)11-7-6-9(2,3)4;;;/h5-6H,1-2,7-10H2,3-4H3;5H,1,6-8H2,2-4H3;5H,1,6-7H2,2-4H3;3*1H/q3*+1;;;/p-3. The molecule has 0 atom stereocenters.